The predicted octanol–water partition coefficient (Wildman–Crippen LogP) is 9.15. The zero-order valence-corrected chi connectivity index (χ0v) is 23.6. The van der Waals surface area contributed by atoms with Crippen molar-refractivity contribution in [3.05, 3.63) is 0 Å². The van der Waals surface area contributed by atoms with Gasteiger partial charge in [0.1, 0.15) is 0 Å². The molecule has 5 fully saturated rings. The van der Waals surface area contributed by atoms with Gasteiger partial charge in [-0.25, -0.2) is 0 Å². The van der Waals surface area contributed by atoms with Gasteiger partial charge in [-0.15, -0.1) is 0 Å². The molecule has 1 nitrogen and oxygen atoms in total. The van der Waals surface area contributed by atoms with Crippen LogP contribution in [0, 0.1) is 62.6 Å². The highest BCUT2D eigenvalue weighted by atomic mass is 16.5. The summed E-state index contributed by atoms with van der Waals surface area (Å²) in [6.07, 6.45) is 16.4. The molecule has 5 aliphatic rings. The van der Waals surface area contributed by atoms with Gasteiger partial charge in [-0.2, -0.15) is 0 Å². The van der Waals surface area contributed by atoms with Crippen LogP contribution in [0.5, 0.6) is 0 Å². The fourth-order valence-electron chi connectivity index (χ4n) is 12.4. The molecule has 0 heterocycles. The lowest BCUT2D eigenvalue weighted by atomic mass is 9.32. The molecule has 0 aromatic carbocycles. The van der Waals surface area contributed by atoms with Crippen LogP contribution in [0.2, 0.25) is 0 Å². The van der Waals surface area contributed by atoms with Gasteiger partial charge in [0.25, 0.3) is 0 Å². The summed E-state index contributed by atoms with van der Waals surface area (Å²) in [5.41, 5.74) is 2.76. The molecule has 5 saturated carbocycles. The normalized spacial score (nSPS) is 54.0. The average Bonchev–Trinajstić information content (AvgIpc) is 3.09. The molecule has 0 N–H and O–H groups in total. The molecule has 33 heavy (non-hydrogen) atoms. The highest BCUT2D eigenvalue weighted by molar-refractivity contribution is 5.19. The smallest absolute Gasteiger partial charge is 0.0494 e. The van der Waals surface area contributed by atoms with E-state index in [0.29, 0.717) is 27.1 Å². The molecule has 0 aliphatic heterocycles. The molecule has 0 aromatic heterocycles. The topological polar surface area (TPSA) is 9.23 Å². The van der Waals surface area contributed by atoms with Crippen molar-refractivity contribution >= 4 is 0 Å². The first-order valence-corrected chi connectivity index (χ1v) is 15.0. The van der Waals surface area contributed by atoms with Gasteiger partial charge >= 0.3 is 0 Å². The van der Waals surface area contributed by atoms with E-state index in [0.717, 1.165) is 48.7 Å². The van der Waals surface area contributed by atoms with Crippen molar-refractivity contribution in [1.82, 2.24) is 0 Å². The quantitative estimate of drug-likeness (QED) is 0.409. The monoisotopic (exact) mass is 456 g/mol. The Kier molecular flexibility index (Phi) is 5.96. The van der Waals surface area contributed by atoms with Gasteiger partial charge in [0, 0.05) is 13.2 Å². The van der Waals surface area contributed by atoms with Crippen molar-refractivity contribution in [2.45, 2.75) is 126 Å². The SMILES string of the molecule is CCOC[C@H](C)[C@H]1CC[C@]2(C)[C@H]3CC[C@@H]4[C@@]5(C)CCCC(C)(C)[C@H]5CC[C@@]4(C)[C@]3(C)CC[C@@H]12. The zero-order chi connectivity index (χ0) is 23.9. The molecular formula is C32H56O. The number of hydrogen-bond acceptors (Lipinski definition) is 1. The zero-order valence-electron chi connectivity index (χ0n) is 23.6. The second-order valence-electron chi connectivity index (χ2n) is 15.4. The number of hydrogen-bond donors (Lipinski definition) is 0. The second kappa shape index (κ2) is 7.98. The third-order valence-corrected chi connectivity index (χ3v) is 14.1. The third-order valence-electron chi connectivity index (χ3n) is 14.1. The fraction of sp³-hybridized carbons (Fsp3) is 1.00. The molecule has 5 rings (SSSR count). The minimum Gasteiger partial charge on any atom is -0.381 e. The Morgan fingerprint density at radius 2 is 1.33 bits per heavy atom. The van der Waals surface area contributed by atoms with Gasteiger partial charge in [0.2, 0.25) is 0 Å². The van der Waals surface area contributed by atoms with E-state index in [9.17, 15) is 0 Å². The summed E-state index contributed by atoms with van der Waals surface area (Å²) in [6.45, 7) is 22.8. The van der Waals surface area contributed by atoms with Crippen LogP contribution in [0.4, 0.5) is 0 Å². The summed E-state index contributed by atoms with van der Waals surface area (Å²) in [5.74, 6) is 5.38. The molecule has 0 spiro atoms. The van der Waals surface area contributed by atoms with E-state index in [1.807, 2.05) is 0 Å². The Balaban J connectivity index is 1.45. The maximum atomic E-state index is 5.91. The van der Waals surface area contributed by atoms with E-state index in [1.165, 1.54) is 70.6 Å². The molecule has 1 heteroatoms. The summed E-state index contributed by atoms with van der Waals surface area (Å²) in [5, 5.41) is 0. The Morgan fingerprint density at radius 1 is 0.697 bits per heavy atom. The van der Waals surface area contributed by atoms with Crippen LogP contribution in [0.3, 0.4) is 0 Å². The van der Waals surface area contributed by atoms with Gasteiger partial charge in [-0.05, 0) is 134 Å². The highest BCUT2D eigenvalue weighted by Crippen LogP contribution is 2.78. The van der Waals surface area contributed by atoms with E-state index in [-0.39, 0.29) is 0 Å². The second-order valence-corrected chi connectivity index (χ2v) is 15.4. The molecule has 0 saturated heterocycles. The highest BCUT2D eigenvalue weighted by Gasteiger charge is 2.70. The minimum atomic E-state index is 0.536. The number of rotatable bonds is 4. The Morgan fingerprint density at radius 3 is 2.00 bits per heavy atom. The first-order chi connectivity index (χ1) is 15.4. The molecule has 0 radical (unpaired) electrons. The molecule has 0 aromatic rings. The molecule has 0 unspecified atom stereocenters. The summed E-state index contributed by atoms with van der Waals surface area (Å²) in [4.78, 5) is 0. The lowest BCUT2D eigenvalue weighted by Crippen LogP contribution is -2.65. The standard InChI is InChI=1S/C32H56O/c1-9-33-21-22(2)23-13-18-29(5)24(23)14-19-31(7)26(29)11-12-27-30(6)17-10-16-28(3,4)25(30)15-20-32(27,31)8/h22-27H,9-21H2,1-8H3/t22-,23+,24-,25+,26+,27+,29-,30-,31+,32+/m0/s1. The van der Waals surface area contributed by atoms with Crippen molar-refractivity contribution in [1.29, 1.82) is 0 Å². The van der Waals surface area contributed by atoms with Gasteiger partial charge < -0.3 is 4.74 Å². The van der Waals surface area contributed by atoms with Gasteiger partial charge in [-0.3, -0.25) is 0 Å². The molecule has 190 valence electrons. The predicted molar refractivity (Wildman–Crippen MR) is 140 cm³/mol. The molecular weight excluding hydrogens is 400 g/mol. The molecule has 0 bridgehead atoms. The summed E-state index contributed by atoms with van der Waals surface area (Å²) in [7, 11) is 0. The van der Waals surface area contributed by atoms with E-state index < -0.39 is 0 Å². The largest absolute Gasteiger partial charge is 0.381 e. The molecule has 0 amide bonds. The van der Waals surface area contributed by atoms with Crippen LogP contribution in [-0.4, -0.2) is 13.2 Å². The molecule has 10 atom stereocenters. The van der Waals surface area contributed by atoms with Crippen molar-refractivity contribution in [3.63, 3.8) is 0 Å². The van der Waals surface area contributed by atoms with E-state index in [1.54, 1.807) is 0 Å². The van der Waals surface area contributed by atoms with Gasteiger partial charge in [0.05, 0.1) is 0 Å². The van der Waals surface area contributed by atoms with E-state index in [4.69, 9.17) is 4.74 Å². The first-order valence-electron chi connectivity index (χ1n) is 15.0. The fourth-order valence-corrected chi connectivity index (χ4v) is 12.4. The maximum Gasteiger partial charge on any atom is 0.0494 e. The summed E-state index contributed by atoms with van der Waals surface area (Å²) >= 11 is 0. The van der Waals surface area contributed by atoms with Crippen LogP contribution < -0.4 is 0 Å². The van der Waals surface area contributed by atoms with Crippen molar-refractivity contribution in [2.75, 3.05) is 13.2 Å². The van der Waals surface area contributed by atoms with Crippen LogP contribution in [0.25, 0.3) is 0 Å². The van der Waals surface area contributed by atoms with E-state index >= 15 is 0 Å². The van der Waals surface area contributed by atoms with Crippen LogP contribution in [0.1, 0.15) is 126 Å². The van der Waals surface area contributed by atoms with Crippen molar-refractivity contribution < 1.29 is 4.74 Å². The average molecular weight is 457 g/mol. The minimum absolute atomic E-state index is 0.536. The lowest BCUT2D eigenvalue weighted by Gasteiger charge is -2.73. The van der Waals surface area contributed by atoms with Crippen LogP contribution in [0.15, 0.2) is 0 Å². The van der Waals surface area contributed by atoms with Gasteiger partial charge in [-0.1, -0.05) is 54.9 Å². The van der Waals surface area contributed by atoms with E-state index in [2.05, 4.69) is 55.4 Å². The number of fused-ring (bicyclic) bond motifs is 7. The Bertz CT molecular complexity index is 741. The Labute approximate surface area is 206 Å². The number of ether oxygens (including phenoxy) is 1. The van der Waals surface area contributed by atoms with Crippen LogP contribution >= 0.6 is 0 Å². The first kappa shape index (κ1) is 24.6. The van der Waals surface area contributed by atoms with Gasteiger partial charge in [0.15, 0.2) is 0 Å². The van der Waals surface area contributed by atoms with Crippen molar-refractivity contribution in [2.24, 2.45) is 62.6 Å². The third kappa shape index (κ3) is 3.25. The van der Waals surface area contributed by atoms with Crippen LogP contribution in [-0.2, 0) is 4.74 Å². The summed E-state index contributed by atoms with van der Waals surface area (Å²) in [6, 6.07) is 0. The maximum absolute atomic E-state index is 5.91. The molecule has 5 aliphatic carbocycles. The summed E-state index contributed by atoms with van der Waals surface area (Å²) < 4.78 is 5.91. The Hall–Kier alpha value is -0.0400. The lowest BCUT2D eigenvalue weighted by molar-refractivity contribution is -0.241. The van der Waals surface area contributed by atoms with Crippen molar-refractivity contribution in [3.8, 4) is 0 Å².